The van der Waals surface area contributed by atoms with Crippen molar-refractivity contribution in [1.29, 1.82) is 0 Å². The number of aromatic nitrogens is 3. The van der Waals surface area contributed by atoms with Crippen molar-refractivity contribution < 1.29 is 0 Å². The molecule has 0 aliphatic rings. The molecular weight excluding hydrogens is 128 g/mol. The number of rotatable bonds is 2. The highest BCUT2D eigenvalue weighted by Crippen LogP contribution is 1.98. The predicted octanol–water partition coefficient (Wildman–Crippen LogP) is -0.375. The Balaban J connectivity index is 2.81. The summed E-state index contributed by atoms with van der Waals surface area (Å²) in [6.07, 6.45) is 0.819. The monoisotopic (exact) mass is 140 g/mol. The lowest BCUT2D eigenvalue weighted by atomic mass is 10.3. The van der Waals surface area contributed by atoms with E-state index < -0.39 is 0 Å². The lowest BCUT2D eigenvalue weighted by Crippen LogP contribution is -2.04. The Bertz CT molecular complexity index is 216. The highest BCUT2D eigenvalue weighted by atomic mass is 15.5. The van der Waals surface area contributed by atoms with Gasteiger partial charge in [-0.3, -0.25) is 0 Å². The predicted molar refractivity (Wildman–Crippen MR) is 38.5 cm³/mol. The minimum Gasteiger partial charge on any atom is -0.330 e. The van der Waals surface area contributed by atoms with Crippen LogP contribution in [0.15, 0.2) is 0 Å². The Hall–Kier alpha value is -0.900. The smallest absolute Gasteiger partial charge is 0.0868 e. The number of aryl methyl sites for hydroxylation is 2. The van der Waals surface area contributed by atoms with Crippen LogP contribution in [0.4, 0.5) is 0 Å². The van der Waals surface area contributed by atoms with Crippen LogP contribution < -0.4 is 5.73 Å². The Morgan fingerprint density at radius 3 is 2.60 bits per heavy atom. The number of hydrogen-bond donors (Lipinski definition) is 1. The van der Waals surface area contributed by atoms with Crippen molar-refractivity contribution in [2.75, 3.05) is 6.54 Å². The van der Waals surface area contributed by atoms with E-state index in [0.29, 0.717) is 6.54 Å². The summed E-state index contributed by atoms with van der Waals surface area (Å²) in [5.41, 5.74) is 7.35. The fourth-order valence-electron chi connectivity index (χ4n) is 0.912. The van der Waals surface area contributed by atoms with Gasteiger partial charge in [0, 0.05) is 13.5 Å². The summed E-state index contributed by atoms with van der Waals surface area (Å²) < 4.78 is 0. The molecule has 4 heteroatoms. The molecule has 1 aromatic heterocycles. The van der Waals surface area contributed by atoms with E-state index in [0.717, 1.165) is 17.8 Å². The maximum atomic E-state index is 5.36. The van der Waals surface area contributed by atoms with Gasteiger partial charge in [0.05, 0.1) is 11.4 Å². The van der Waals surface area contributed by atoms with Crippen molar-refractivity contribution >= 4 is 0 Å². The van der Waals surface area contributed by atoms with Gasteiger partial charge in [0.2, 0.25) is 0 Å². The lowest BCUT2D eigenvalue weighted by Gasteiger charge is -1.88. The van der Waals surface area contributed by atoms with Crippen molar-refractivity contribution in [1.82, 2.24) is 15.0 Å². The number of hydrogen-bond acceptors (Lipinski definition) is 3. The average molecular weight is 140 g/mol. The Morgan fingerprint density at radius 2 is 2.20 bits per heavy atom. The molecule has 0 spiro atoms. The van der Waals surface area contributed by atoms with Gasteiger partial charge in [-0.1, -0.05) is 0 Å². The van der Waals surface area contributed by atoms with Gasteiger partial charge in [-0.05, 0) is 13.5 Å². The van der Waals surface area contributed by atoms with Gasteiger partial charge in [-0.15, -0.1) is 0 Å². The second kappa shape index (κ2) is 2.79. The fourth-order valence-corrected chi connectivity index (χ4v) is 0.912. The molecule has 0 amide bonds. The summed E-state index contributed by atoms with van der Waals surface area (Å²) in [7, 11) is 1.81. The van der Waals surface area contributed by atoms with E-state index in [9.17, 15) is 0 Å². The minimum absolute atomic E-state index is 0.638. The van der Waals surface area contributed by atoms with Gasteiger partial charge >= 0.3 is 0 Å². The van der Waals surface area contributed by atoms with Crippen LogP contribution in [0.1, 0.15) is 11.4 Å². The van der Waals surface area contributed by atoms with Gasteiger partial charge in [-0.25, -0.2) is 0 Å². The molecule has 1 heterocycles. The largest absolute Gasteiger partial charge is 0.330 e. The molecule has 56 valence electrons. The van der Waals surface area contributed by atoms with Crippen LogP contribution in [-0.2, 0) is 13.5 Å². The molecule has 0 unspecified atom stereocenters. The topological polar surface area (TPSA) is 56.7 Å². The number of nitrogens with zero attached hydrogens (tertiary/aromatic N) is 3. The third-order valence-corrected chi connectivity index (χ3v) is 1.36. The molecule has 0 aromatic carbocycles. The van der Waals surface area contributed by atoms with Gasteiger partial charge in [0.25, 0.3) is 0 Å². The molecule has 0 atom stereocenters. The highest BCUT2D eigenvalue weighted by molar-refractivity contribution is 5.06. The Kier molecular flexibility index (Phi) is 2.01. The first-order valence-corrected chi connectivity index (χ1v) is 3.31. The van der Waals surface area contributed by atoms with Crippen molar-refractivity contribution in [2.45, 2.75) is 13.3 Å². The van der Waals surface area contributed by atoms with E-state index in [4.69, 9.17) is 5.73 Å². The van der Waals surface area contributed by atoms with E-state index in [1.807, 2.05) is 14.0 Å². The summed E-state index contributed by atoms with van der Waals surface area (Å²) in [5.74, 6) is 0. The molecule has 0 saturated carbocycles. The first kappa shape index (κ1) is 7.21. The second-order valence-electron chi connectivity index (χ2n) is 2.26. The summed E-state index contributed by atoms with van der Waals surface area (Å²) >= 11 is 0. The molecule has 0 saturated heterocycles. The summed E-state index contributed by atoms with van der Waals surface area (Å²) in [6, 6.07) is 0. The maximum Gasteiger partial charge on any atom is 0.0868 e. The molecule has 4 nitrogen and oxygen atoms in total. The standard InChI is InChI=1S/C6H12N4/c1-5-6(3-4-7)9-10(2)8-5/h3-4,7H2,1-2H3. The molecule has 10 heavy (non-hydrogen) atoms. The zero-order valence-corrected chi connectivity index (χ0v) is 6.33. The van der Waals surface area contributed by atoms with Crippen molar-refractivity contribution in [3.8, 4) is 0 Å². The lowest BCUT2D eigenvalue weighted by molar-refractivity contribution is 0.641. The van der Waals surface area contributed by atoms with Crippen LogP contribution in [0.2, 0.25) is 0 Å². The molecule has 0 radical (unpaired) electrons. The van der Waals surface area contributed by atoms with Gasteiger partial charge in [0.15, 0.2) is 0 Å². The van der Waals surface area contributed by atoms with E-state index in [1.54, 1.807) is 4.80 Å². The van der Waals surface area contributed by atoms with Crippen LogP contribution in [0, 0.1) is 6.92 Å². The Labute approximate surface area is 60.0 Å². The van der Waals surface area contributed by atoms with Crippen molar-refractivity contribution in [3.63, 3.8) is 0 Å². The molecule has 1 aromatic rings. The zero-order valence-electron chi connectivity index (χ0n) is 6.33. The minimum atomic E-state index is 0.638. The Morgan fingerprint density at radius 1 is 1.50 bits per heavy atom. The summed E-state index contributed by atoms with van der Waals surface area (Å²) in [5, 5.41) is 8.21. The first-order chi connectivity index (χ1) is 4.74. The first-order valence-electron chi connectivity index (χ1n) is 3.31. The van der Waals surface area contributed by atoms with Crippen LogP contribution in [0.3, 0.4) is 0 Å². The van der Waals surface area contributed by atoms with Gasteiger partial charge in [-0.2, -0.15) is 15.0 Å². The summed E-state index contributed by atoms with van der Waals surface area (Å²) in [4.78, 5) is 1.57. The summed E-state index contributed by atoms with van der Waals surface area (Å²) in [6.45, 7) is 2.58. The number of nitrogens with two attached hydrogens (primary N) is 1. The van der Waals surface area contributed by atoms with Crippen LogP contribution in [0.5, 0.6) is 0 Å². The van der Waals surface area contributed by atoms with Gasteiger partial charge < -0.3 is 5.73 Å². The molecular formula is C6H12N4. The normalized spacial score (nSPS) is 10.3. The van der Waals surface area contributed by atoms with E-state index >= 15 is 0 Å². The van der Waals surface area contributed by atoms with Gasteiger partial charge in [0.1, 0.15) is 0 Å². The van der Waals surface area contributed by atoms with Crippen molar-refractivity contribution in [3.05, 3.63) is 11.4 Å². The van der Waals surface area contributed by atoms with E-state index in [1.165, 1.54) is 0 Å². The second-order valence-corrected chi connectivity index (χ2v) is 2.26. The third-order valence-electron chi connectivity index (χ3n) is 1.36. The highest BCUT2D eigenvalue weighted by Gasteiger charge is 2.01. The van der Waals surface area contributed by atoms with E-state index in [2.05, 4.69) is 10.2 Å². The molecule has 0 aliphatic carbocycles. The SMILES string of the molecule is Cc1nn(C)nc1CCN. The quantitative estimate of drug-likeness (QED) is 0.609. The van der Waals surface area contributed by atoms with Crippen LogP contribution >= 0.6 is 0 Å². The maximum absolute atomic E-state index is 5.36. The van der Waals surface area contributed by atoms with Crippen LogP contribution in [0.25, 0.3) is 0 Å². The molecule has 0 bridgehead atoms. The van der Waals surface area contributed by atoms with E-state index in [-0.39, 0.29) is 0 Å². The van der Waals surface area contributed by atoms with Crippen LogP contribution in [-0.4, -0.2) is 21.5 Å². The average Bonchev–Trinajstić information content (AvgIpc) is 2.13. The molecule has 1 rings (SSSR count). The zero-order chi connectivity index (χ0) is 7.56. The molecule has 0 aliphatic heterocycles. The molecule has 2 N–H and O–H groups in total. The third kappa shape index (κ3) is 1.33. The molecule has 0 fully saturated rings. The fraction of sp³-hybridized carbons (Fsp3) is 0.667. The van der Waals surface area contributed by atoms with Crippen molar-refractivity contribution in [2.24, 2.45) is 12.8 Å².